The molecule has 0 aliphatic heterocycles. The Morgan fingerprint density at radius 1 is 1.06 bits per heavy atom. The van der Waals surface area contributed by atoms with Crippen molar-refractivity contribution in [3.63, 3.8) is 0 Å². The summed E-state index contributed by atoms with van der Waals surface area (Å²) < 4.78 is 5.59. The van der Waals surface area contributed by atoms with Crippen LogP contribution in [0.15, 0.2) is 0 Å². The van der Waals surface area contributed by atoms with Crippen molar-refractivity contribution in [3.8, 4) is 0 Å². The zero-order chi connectivity index (χ0) is 11.4. The SMILES string of the molecule is CO[C@H]1CCC[C@@H]1C1(C=O)CCCCCC1. The van der Waals surface area contributed by atoms with Crippen molar-refractivity contribution >= 4 is 6.29 Å². The van der Waals surface area contributed by atoms with Crippen LogP contribution in [-0.2, 0) is 9.53 Å². The van der Waals surface area contributed by atoms with Crippen molar-refractivity contribution in [2.24, 2.45) is 11.3 Å². The van der Waals surface area contributed by atoms with Crippen LogP contribution in [0.3, 0.4) is 0 Å². The molecule has 2 fully saturated rings. The molecule has 0 amide bonds. The molecule has 0 N–H and O–H groups in total. The quantitative estimate of drug-likeness (QED) is 0.543. The minimum absolute atomic E-state index is 0.0479. The van der Waals surface area contributed by atoms with Gasteiger partial charge in [-0.2, -0.15) is 0 Å². The van der Waals surface area contributed by atoms with Gasteiger partial charge in [0.15, 0.2) is 0 Å². The first-order chi connectivity index (χ1) is 7.82. The average Bonchev–Trinajstić information content (AvgIpc) is 2.67. The van der Waals surface area contributed by atoms with Crippen LogP contribution in [0.1, 0.15) is 57.8 Å². The highest BCUT2D eigenvalue weighted by Gasteiger charge is 2.45. The van der Waals surface area contributed by atoms with E-state index in [2.05, 4.69) is 0 Å². The molecular weight excluding hydrogens is 200 g/mol. The van der Waals surface area contributed by atoms with Gasteiger partial charge in [0.05, 0.1) is 6.10 Å². The highest BCUT2D eigenvalue weighted by atomic mass is 16.5. The van der Waals surface area contributed by atoms with Gasteiger partial charge in [0.1, 0.15) is 6.29 Å². The Kier molecular flexibility index (Phi) is 4.01. The Morgan fingerprint density at radius 2 is 1.75 bits per heavy atom. The lowest BCUT2D eigenvalue weighted by atomic mass is 9.69. The molecule has 0 heterocycles. The lowest BCUT2D eigenvalue weighted by molar-refractivity contribution is -0.123. The summed E-state index contributed by atoms with van der Waals surface area (Å²) in [7, 11) is 1.80. The number of methoxy groups -OCH3 is 1. The van der Waals surface area contributed by atoms with Gasteiger partial charge in [-0.1, -0.05) is 32.1 Å². The van der Waals surface area contributed by atoms with Gasteiger partial charge >= 0.3 is 0 Å². The molecule has 2 nitrogen and oxygen atoms in total. The highest BCUT2D eigenvalue weighted by molar-refractivity contribution is 5.60. The van der Waals surface area contributed by atoms with Crippen molar-refractivity contribution in [2.75, 3.05) is 7.11 Å². The summed E-state index contributed by atoms with van der Waals surface area (Å²) in [5.74, 6) is 0.494. The fourth-order valence-corrected chi connectivity index (χ4v) is 3.83. The molecule has 0 spiro atoms. The fourth-order valence-electron chi connectivity index (χ4n) is 3.83. The summed E-state index contributed by atoms with van der Waals surface area (Å²) in [6.07, 6.45) is 12.5. The second-order valence-corrected chi connectivity index (χ2v) is 5.58. The van der Waals surface area contributed by atoms with Gasteiger partial charge in [-0.15, -0.1) is 0 Å². The van der Waals surface area contributed by atoms with Gasteiger partial charge in [0.25, 0.3) is 0 Å². The van der Waals surface area contributed by atoms with Crippen LogP contribution in [0, 0.1) is 11.3 Å². The second kappa shape index (κ2) is 5.31. The van der Waals surface area contributed by atoms with Crippen LogP contribution in [-0.4, -0.2) is 19.5 Å². The topological polar surface area (TPSA) is 26.3 Å². The molecule has 2 aliphatic carbocycles. The molecule has 0 radical (unpaired) electrons. The summed E-state index contributed by atoms with van der Waals surface area (Å²) in [6, 6.07) is 0. The molecule has 2 aliphatic rings. The average molecular weight is 224 g/mol. The standard InChI is InChI=1S/C14H24O2/c1-16-13-8-6-7-12(13)14(11-15)9-4-2-3-5-10-14/h11-13H,2-10H2,1H3/t12-,13-/m0/s1. The molecule has 2 atom stereocenters. The van der Waals surface area contributed by atoms with E-state index in [1.54, 1.807) is 7.11 Å². The van der Waals surface area contributed by atoms with Gasteiger partial charge in [0.2, 0.25) is 0 Å². The van der Waals surface area contributed by atoms with E-state index >= 15 is 0 Å². The van der Waals surface area contributed by atoms with E-state index in [1.165, 1.54) is 44.8 Å². The number of hydrogen-bond acceptors (Lipinski definition) is 2. The van der Waals surface area contributed by atoms with E-state index in [9.17, 15) is 4.79 Å². The zero-order valence-electron chi connectivity index (χ0n) is 10.4. The molecular formula is C14H24O2. The van der Waals surface area contributed by atoms with E-state index in [1.807, 2.05) is 0 Å². The van der Waals surface area contributed by atoms with Gasteiger partial charge in [0, 0.05) is 12.5 Å². The maximum atomic E-state index is 11.6. The largest absolute Gasteiger partial charge is 0.381 e. The van der Waals surface area contributed by atoms with Crippen LogP contribution >= 0.6 is 0 Å². The van der Waals surface area contributed by atoms with Crippen molar-refractivity contribution < 1.29 is 9.53 Å². The Labute approximate surface area is 98.7 Å². The summed E-state index contributed by atoms with van der Waals surface area (Å²) in [6.45, 7) is 0. The molecule has 0 aromatic heterocycles. The molecule has 0 saturated heterocycles. The molecule has 2 heteroatoms. The summed E-state index contributed by atoms with van der Waals surface area (Å²) in [4.78, 5) is 11.6. The molecule has 16 heavy (non-hydrogen) atoms. The number of hydrogen-bond donors (Lipinski definition) is 0. The Hall–Kier alpha value is -0.370. The van der Waals surface area contributed by atoms with Crippen molar-refractivity contribution in [3.05, 3.63) is 0 Å². The maximum absolute atomic E-state index is 11.6. The highest BCUT2D eigenvalue weighted by Crippen LogP contribution is 2.47. The Balaban J connectivity index is 2.14. The number of aldehydes is 1. The third-order valence-corrected chi connectivity index (χ3v) is 4.76. The number of carbonyl (C=O) groups is 1. The summed E-state index contributed by atoms with van der Waals surface area (Å²) in [5, 5.41) is 0. The summed E-state index contributed by atoms with van der Waals surface area (Å²) in [5.41, 5.74) is -0.0479. The van der Waals surface area contributed by atoms with E-state index in [-0.39, 0.29) is 5.41 Å². The lowest BCUT2D eigenvalue weighted by Gasteiger charge is -2.36. The van der Waals surface area contributed by atoms with Gasteiger partial charge < -0.3 is 9.53 Å². The first kappa shape index (κ1) is 12.1. The maximum Gasteiger partial charge on any atom is 0.126 e. The van der Waals surface area contributed by atoms with E-state index in [4.69, 9.17) is 4.74 Å². The monoisotopic (exact) mass is 224 g/mol. The van der Waals surface area contributed by atoms with Gasteiger partial charge in [-0.25, -0.2) is 0 Å². The Bertz CT molecular complexity index is 229. The predicted octanol–water partition coefficient (Wildman–Crippen LogP) is 3.34. The zero-order valence-corrected chi connectivity index (χ0v) is 10.4. The minimum atomic E-state index is -0.0479. The van der Waals surface area contributed by atoms with Gasteiger partial charge in [-0.05, 0) is 31.6 Å². The van der Waals surface area contributed by atoms with E-state index < -0.39 is 0 Å². The third-order valence-electron chi connectivity index (χ3n) is 4.76. The first-order valence-corrected chi connectivity index (χ1v) is 6.81. The molecule has 92 valence electrons. The molecule has 0 bridgehead atoms. The van der Waals surface area contributed by atoms with E-state index in [0.717, 1.165) is 19.3 Å². The van der Waals surface area contributed by atoms with Crippen molar-refractivity contribution in [2.45, 2.75) is 63.9 Å². The van der Waals surface area contributed by atoms with Crippen molar-refractivity contribution in [1.82, 2.24) is 0 Å². The number of rotatable bonds is 3. The molecule has 2 saturated carbocycles. The smallest absolute Gasteiger partial charge is 0.126 e. The fraction of sp³-hybridized carbons (Fsp3) is 0.929. The molecule has 0 aromatic rings. The van der Waals surface area contributed by atoms with Crippen LogP contribution in [0.5, 0.6) is 0 Å². The summed E-state index contributed by atoms with van der Waals surface area (Å²) >= 11 is 0. The van der Waals surface area contributed by atoms with Crippen LogP contribution < -0.4 is 0 Å². The van der Waals surface area contributed by atoms with Crippen molar-refractivity contribution in [1.29, 1.82) is 0 Å². The Morgan fingerprint density at radius 3 is 2.31 bits per heavy atom. The van der Waals surface area contributed by atoms with Crippen LogP contribution in [0.25, 0.3) is 0 Å². The first-order valence-electron chi connectivity index (χ1n) is 6.81. The third kappa shape index (κ3) is 2.17. The molecule has 2 rings (SSSR count). The molecule has 0 aromatic carbocycles. The van der Waals surface area contributed by atoms with Crippen LogP contribution in [0.4, 0.5) is 0 Å². The predicted molar refractivity (Wildman–Crippen MR) is 64.3 cm³/mol. The minimum Gasteiger partial charge on any atom is -0.381 e. The van der Waals surface area contributed by atoms with Crippen LogP contribution in [0.2, 0.25) is 0 Å². The normalized spacial score (nSPS) is 34.6. The van der Waals surface area contributed by atoms with E-state index in [0.29, 0.717) is 12.0 Å². The second-order valence-electron chi connectivity index (χ2n) is 5.58. The number of ether oxygens (including phenoxy) is 1. The molecule has 0 unspecified atom stereocenters. The van der Waals surface area contributed by atoms with Gasteiger partial charge in [-0.3, -0.25) is 0 Å². The number of carbonyl (C=O) groups excluding carboxylic acids is 1. The lowest BCUT2D eigenvalue weighted by Crippen LogP contribution is -2.37.